The van der Waals surface area contributed by atoms with Crippen LogP contribution in [0.2, 0.25) is 0 Å². The van der Waals surface area contributed by atoms with Gasteiger partial charge in [0, 0.05) is 19.3 Å². The van der Waals surface area contributed by atoms with Crippen molar-refractivity contribution in [2.24, 2.45) is 5.92 Å². The van der Waals surface area contributed by atoms with Gasteiger partial charge in [0.05, 0.1) is 0 Å². The van der Waals surface area contributed by atoms with Gasteiger partial charge in [-0.1, -0.05) is 20.3 Å². The van der Waals surface area contributed by atoms with Gasteiger partial charge in [0.2, 0.25) is 0 Å². The summed E-state index contributed by atoms with van der Waals surface area (Å²) in [6.45, 7) is 8.27. The molecule has 0 saturated carbocycles. The SMILES string of the molecule is CCOCCC(NC)C(C)CC. The second kappa shape index (κ2) is 7.56. The van der Waals surface area contributed by atoms with E-state index in [4.69, 9.17) is 4.74 Å². The summed E-state index contributed by atoms with van der Waals surface area (Å²) in [5, 5.41) is 3.33. The zero-order chi connectivity index (χ0) is 9.40. The molecule has 0 radical (unpaired) electrons. The first-order valence-electron chi connectivity index (χ1n) is 5.01. The fourth-order valence-electron chi connectivity index (χ4n) is 1.35. The molecule has 2 unspecified atom stereocenters. The minimum Gasteiger partial charge on any atom is -0.382 e. The normalized spacial score (nSPS) is 16.0. The van der Waals surface area contributed by atoms with Gasteiger partial charge in [-0.15, -0.1) is 0 Å². The van der Waals surface area contributed by atoms with E-state index >= 15 is 0 Å². The van der Waals surface area contributed by atoms with Crippen LogP contribution in [-0.4, -0.2) is 26.3 Å². The Morgan fingerprint density at radius 3 is 2.42 bits per heavy atom. The molecule has 0 aromatic carbocycles. The summed E-state index contributed by atoms with van der Waals surface area (Å²) in [4.78, 5) is 0. The molecule has 2 heteroatoms. The van der Waals surface area contributed by atoms with Gasteiger partial charge in [-0.3, -0.25) is 0 Å². The van der Waals surface area contributed by atoms with Gasteiger partial charge in [-0.25, -0.2) is 0 Å². The van der Waals surface area contributed by atoms with Gasteiger partial charge < -0.3 is 10.1 Å². The number of hydrogen-bond acceptors (Lipinski definition) is 2. The molecule has 2 nitrogen and oxygen atoms in total. The Morgan fingerprint density at radius 1 is 1.33 bits per heavy atom. The second-order valence-corrected chi connectivity index (χ2v) is 3.27. The van der Waals surface area contributed by atoms with Crippen LogP contribution in [0.15, 0.2) is 0 Å². The summed E-state index contributed by atoms with van der Waals surface area (Å²) >= 11 is 0. The first-order valence-corrected chi connectivity index (χ1v) is 5.01. The Balaban J connectivity index is 3.52. The van der Waals surface area contributed by atoms with E-state index in [-0.39, 0.29) is 0 Å². The Hall–Kier alpha value is -0.0800. The van der Waals surface area contributed by atoms with Crippen LogP contribution in [0.1, 0.15) is 33.6 Å². The third-order valence-electron chi connectivity index (χ3n) is 2.48. The lowest BCUT2D eigenvalue weighted by atomic mass is 9.97. The zero-order valence-electron chi connectivity index (χ0n) is 8.89. The Morgan fingerprint density at radius 2 is 2.00 bits per heavy atom. The molecule has 0 aliphatic carbocycles. The number of hydrogen-bond donors (Lipinski definition) is 1. The van der Waals surface area contributed by atoms with Crippen molar-refractivity contribution < 1.29 is 4.74 Å². The van der Waals surface area contributed by atoms with Crippen molar-refractivity contribution in [3.05, 3.63) is 0 Å². The fourth-order valence-corrected chi connectivity index (χ4v) is 1.35. The number of nitrogens with one attached hydrogen (secondary N) is 1. The standard InChI is InChI=1S/C10H23NO/c1-5-9(3)10(11-4)7-8-12-6-2/h9-11H,5-8H2,1-4H3. The maximum atomic E-state index is 5.32. The Kier molecular flexibility index (Phi) is 7.51. The molecule has 0 saturated heterocycles. The van der Waals surface area contributed by atoms with Crippen molar-refractivity contribution in [2.75, 3.05) is 20.3 Å². The third-order valence-corrected chi connectivity index (χ3v) is 2.48. The van der Waals surface area contributed by atoms with E-state index in [1.807, 2.05) is 14.0 Å². The van der Waals surface area contributed by atoms with Crippen LogP contribution in [0.4, 0.5) is 0 Å². The van der Waals surface area contributed by atoms with Crippen LogP contribution in [0.25, 0.3) is 0 Å². The first kappa shape index (κ1) is 11.9. The molecule has 0 aromatic heterocycles. The minimum atomic E-state index is 0.613. The predicted molar refractivity (Wildman–Crippen MR) is 53.4 cm³/mol. The lowest BCUT2D eigenvalue weighted by molar-refractivity contribution is 0.130. The zero-order valence-corrected chi connectivity index (χ0v) is 8.89. The Bertz CT molecular complexity index is 95.8. The van der Waals surface area contributed by atoms with Crippen LogP contribution in [0.5, 0.6) is 0 Å². The maximum absolute atomic E-state index is 5.32. The molecule has 1 N–H and O–H groups in total. The van der Waals surface area contributed by atoms with E-state index in [0.29, 0.717) is 6.04 Å². The summed E-state index contributed by atoms with van der Waals surface area (Å²) in [5.41, 5.74) is 0. The van der Waals surface area contributed by atoms with Gasteiger partial charge in [-0.05, 0) is 26.3 Å². The highest BCUT2D eigenvalue weighted by molar-refractivity contribution is 4.70. The summed E-state index contributed by atoms with van der Waals surface area (Å²) in [6.07, 6.45) is 2.36. The van der Waals surface area contributed by atoms with E-state index in [0.717, 1.165) is 25.6 Å². The average molecular weight is 173 g/mol. The van der Waals surface area contributed by atoms with E-state index in [1.54, 1.807) is 0 Å². The molecule has 2 atom stereocenters. The van der Waals surface area contributed by atoms with Crippen LogP contribution < -0.4 is 5.32 Å². The van der Waals surface area contributed by atoms with Crippen LogP contribution in [-0.2, 0) is 4.74 Å². The highest BCUT2D eigenvalue weighted by atomic mass is 16.5. The van der Waals surface area contributed by atoms with Crippen molar-refractivity contribution in [1.29, 1.82) is 0 Å². The molecule has 0 heterocycles. The quantitative estimate of drug-likeness (QED) is 0.595. The molecule has 0 aliphatic heterocycles. The Labute approximate surface area is 76.7 Å². The van der Waals surface area contributed by atoms with Crippen LogP contribution >= 0.6 is 0 Å². The highest BCUT2D eigenvalue weighted by Crippen LogP contribution is 2.10. The van der Waals surface area contributed by atoms with Gasteiger partial charge in [-0.2, -0.15) is 0 Å². The average Bonchev–Trinajstić information content (AvgIpc) is 2.11. The highest BCUT2D eigenvalue weighted by Gasteiger charge is 2.12. The summed E-state index contributed by atoms with van der Waals surface area (Å²) < 4.78 is 5.32. The summed E-state index contributed by atoms with van der Waals surface area (Å²) in [5.74, 6) is 0.746. The summed E-state index contributed by atoms with van der Waals surface area (Å²) in [7, 11) is 2.03. The minimum absolute atomic E-state index is 0.613. The monoisotopic (exact) mass is 173 g/mol. The van der Waals surface area contributed by atoms with Crippen molar-refractivity contribution in [3.8, 4) is 0 Å². The molecule has 0 rings (SSSR count). The van der Waals surface area contributed by atoms with Gasteiger partial charge in [0.25, 0.3) is 0 Å². The molecule has 0 spiro atoms. The molecule has 0 aliphatic rings. The molecule has 74 valence electrons. The van der Waals surface area contributed by atoms with Gasteiger partial charge in [0.1, 0.15) is 0 Å². The molecule has 12 heavy (non-hydrogen) atoms. The number of ether oxygens (including phenoxy) is 1. The van der Waals surface area contributed by atoms with Crippen LogP contribution in [0, 0.1) is 5.92 Å². The largest absolute Gasteiger partial charge is 0.382 e. The smallest absolute Gasteiger partial charge is 0.0480 e. The summed E-state index contributed by atoms with van der Waals surface area (Å²) in [6, 6.07) is 0.613. The lowest BCUT2D eigenvalue weighted by Crippen LogP contribution is -2.32. The van der Waals surface area contributed by atoms with Crippen molar-refractivity contribution >= 4 is 0 Å². The van der Waals surface area contributed by atoms with E-state index in [2.05, 4.69) is 19.2 Å². The van der Waals surface area contributed by atoms with Crippen LogP contribution in [0.3, 0.4) is 0 Å². The van der Waals surface area contributed by atoms with E-state index in [9.17, 15) is 0 Å². The molecular formula is C10H23NO. The molecule has 0 aromatic rings. The number of rotatable bonds is 7. The maximum Gasteiger partial charge on any atom is 0.0480 e. The van der Waals surface area contributed by atoms with Gasteiger partial charge in [0.15, 0.2) is 0 Å². The first-order chi connectivity index (χ1) is 5.76. The topological polar surface area (TPSA) is 21.3 Å². The molecular weight excluding hydrogens is 150 g/mol. The molecule has 0 fully saturated rings. The third kappa shape index (κ3) is 4.73. The van der Waals surface area contributed by atoms with E-state index in [1.165, 1.54) is 6.42 Å². The van der Waals surface area contributed by atoms with Crippen molar-refractivity contribution in [1.82, 2.24) is 5.32 Å². The van der Waals surface area contributed by atoms with Crippen molar-refractivity contribution in [3.63, 3.8) is 0 Å². The second-order valence-electron chi connectivity index (χ2n) is 3.27. The van der Waals surface area contributed by atoms with Crippen molar-refractivity contribution in [2.45, 2.75) is 39.7 Å². The lowest BCUT2D eigenvalue weighted by Gasteiger charge is -2.22. The fraction of sp³-hybridized carbons (Fsp3) is 1.00. The van der Waals surface area contributed by atoms with E-state index < -0.39 is 0 Å². The molecule has 0 bridgehead atoms. The van der Waals surface area contributed by atoms with Gasteiger partial charge >= 0.3 is 0 Å². The molecule has 0 amide bonds. The predicted octanol–water partition coefficient (Wildman–Crippen LogP) is 2.05.